The molecule has 1 aromatic heterocycles. The number of amides is 1. The summed E-state index contributed by atoms with van der Waals surface area (Å²) < 4.78 is 35.2. The summed E-state index contributed by atoms with van der Waals surface area (Å²) >= 11 is 6.62. The predicted molar refractivity (Wildman–Crippen MR) is 178 cm³/mol. The highest BCUT2D eigenvalue weighted by Gasteiger charge is 2.29. The van der Waals surface area contributed by atoms with Crippen LogP contribution in [0.5, 0.6) is 0 Å². The fourth-order valence-electron chi connectivity index (χ4n) is 4.30. The van der Waals surface area contributed by atoms with Crippen molar-refractivity contribution in [2.75, 3.05) is 17.7 Å². The molecular formula is C31H33N5O5S3. The lowest BCUT2D eigenvalue weighted by Gasteiger charge is -2.19. The Kier molecular flexibility index (Phi) is 10.8. The van der Waals surface area contributed by atoms with Crippen LogP contribution in [0.3, 0.4) is 0 Å². The summed E-state index contributed by atoms with van der Waals surface area (Å²) in [5.41, 5.74) is 3.05. The third kappa shape index (κ3) is 8.69. The number of thiazole rings is 1. The van der Waals surface area contributed by atoms with E-state index in [1.807, 2.05) is 44.2 Å². The molecule has 44 heavy (non-hydrogen) atoms. The van der Waals surface area contributed by atoms with Crippen LogP contribution in [0, 0.1) is 0 Å². The molecule has 0 saturated heterocycles. The molecule has 0 aliphatic carbocycles. The van der Waals surface area contributed by atoms with Crippen LogP contribution in [0.15, 0.2) is 83.9 Å². The average molecular weight is 652 g/mol. The number of ether oxygens (including phenoxy) is 1. The van der Waals surface area contributed by atoms with Crippen molar-refractivity contribution in [3.05, 3.63) is 84.6 Å². The highest BCUT2D eigenvalue weighted by molar-refractivity contribution is 7.89. The number of esters is 1. The van der Waals surface area contributed by atoms with Crippen molar-refractivity contribution in [1.82, 2.24) is 15.0 Å². The van der Waals surface area contributed by atoms with E-state index in [9.17, 15) is 18.0 Å². The summed E-state index contributed by atoms with van der Waals surface area (Å²) in [6.07, 6.45) is 1.68. The molecule has 230 valence electrons. The number of hydrogen-bond donors (Lipinski definition) is 4. The van der Waals surface area contributed by atoms with Gasteiger partial charge in [0.05, 0.1) is 16.9 Å². The maximum atomic E-state index is 13.9. The van der Waals surface area contributed by atoms with E-state index in [4.69, 9.17) is 17.0 Å². The molecule has 0 bridgehead atoms. The summed E-state index contributed by atoms with van der Waals surface area (Å²) in [5, 5.41) is 10.1. The van der Waals surface area contributed by atoms with E-state index in [1.54, 1.807) is 42.6 Å². The molecule has 1 atom stereocenters. The maximum Gasteiger partial charge on any atom is 0.324 e. The molecule has 10 nitrogen and oxygen atoms in total. The van der Waals surface area contributed by atoms with Crippen molar-refractivity contribution in [3.8, 4) is 21.0 Å². The zero-order valence-corrected chi connectivity index (χ0v) is 27.0. The quantitative estimate of drug-likeness (QED) is 0.127. The van der Waals surface area contributed by atoms with Crippen molar-refractivity contribution in [1.29, 1.82) is 0 Å². The molecule has 1 heterocycles. The minimum atomic E-state index is -4.30. The summed E-state index contributed by atoms with van der Waals surface area (Å²) in [6, 6.07) is 20.2. The number of anilines is 2. The maximum absolute atomic E-state index is 13.9. The zero-order chi connectivity index (χ0) is 31.9. The first-order chi connectivity index (χ1) is 20.9. The zero-order valence-electron chi connectivity index (χ0n) is 24.6. The number of sulfonamides is 1. The van der Waals surface area contributed by atoms with Gasteiger partial charge in [-0.1, -0.05) is 36.4 Å². The Morgan fingerprint density at radius 2 is 1.66 bits per heavy atom. The summed E-state index contributed by atoms with van der Waals surface area (Å²) in [4.78, 5) is 29.4. The Morgan fingerprint density at radius 1 is 0.977 bits per heavy atom. The van der Waals surface area contributed by atoms with Crippen LogP contribution in [0.2, 0.25) is 0 Å². The van der Waals surface area contributed by atoms with Crippen LogP contribution in [-0.4, -0.2) is 49.6 Å². The summed E-state index contributed by atoms with van der Waals surface area (Å²) in [7, 11) is -3.10. The van der Waals surface area contributed by atoms with E-state index in [0.717, 1.165) is 16.8 Å². The van der Waals surface area contributed by atoms with Crippen molar-refractivity contribution in [2.45, 2.75) is 44.2 Å². The highest BCUT2D eigenvalue weighted by atomic mass is 32.2. The van der Waals surface area contributed by atoms with Gasteiger partial charge in [0.15, 0.2) is 5.11 Å². The molecule has 0 aliphatic rings. The topological polar surface area (TPSA) is 139 Å². The SMILES string of the molecule is COC(=O)[C@H](Cc1ccccc1)NS(=O)(=O)c1cc(NC(C)=O)ccc1-c1cnc(-c2ccc(NC(=S)NC(C)C)cc2)s1. The Balaban J connectivity index is 1.66. The van der Waals surface area contributed by atoms with Gasteiger partial charge in [-0.15, -0.1) is 11.3 Å². The summed E-state index contributed by atoms with van der Waals surface area (Å²) in [5.74, 6) is -1.08. The number of methoxy groups -OCH3 is 1. The molecule has 3 aromatic carbocycles. The first-order valence-corrected chi connectivity index (χ1v) is 16.4. The minimum absolute atomic E-state index is 0.0846. The molecule has 13 heteroatoms. The molecule has 0 aliphatic heterocycles. The Hall–Kier alpha value is -4.17. The molecule has 4 rings (SSSR count). The second-order valence-electron chi connectivity index (χ2n) is 10.1. The van der Waals surface area contributed by atoms with Gasteiger partial charge < -0.3 is 20.7 Å². The normalized spacial score (nSPS) is 11.9. The van der Waals surface area contributed by atoms with Crippen molar-refractivity contribution >= 4 is 61.9 Å². The molecule has 4 aromatic rings. The molecule has 0 unspecified atom stereocenters. The fraction of sp³-hybridized carbons (Fsp3) is 0.226. The number of thiocarbonyl (C=S) groups is 1. The first-order valence-electron chi connectivity index (χ1n) is 13.6. The second-order valence-corrected chi connectivity index (χ2v) is 13.3. The van der Waals surface area contributed by atoms with Gasteiger partial charge in [-0.3, -0.25) is 9.59 Å². The molecular weight excluding hydrogens is 619 g/mol. The second kappa shape index (κ2) is 14.5. The number of rotatable bonds is 11. The number of carbonyl (C=O) groups excluding carboxylic acids is 2. The van der Waals surface area contributed by atoms with Crippen molar-refractivity contribution in [3.63, 3.8) is 0 Å². The fourth-order valence-corrected chi connectivity index (χ4v) is 7.11. The van der Waals surface area contributed by atoms with Gasteiger partial charge in [-0.25, -0.2) is 13.4 Å². The molecule has 4 N–H and O–H groups in total. The van der Waals surface area contributed by atoms with E-state index < -0.39 is 22.0 Å². The number of benzene rings is 3. The monoisotopic (exact) mass is 651 g/mol. The van der Waals surface area contributed by atoms with Crippen molar-refractivity contribution < 1.29 is 22.7 Å². The molecule has 0 saturated carbocycles. The van der Waals surface area contributed by atoms with E-state index in [2.05, 4.69) is 25.7 Å². The number of carbonyl (C=O) groups is 2. The lowest BCUT2D eigenvalue weighted by atomic mass is 10.1. The largest absolute Gasteiger partial charge is 0.468 e. The third-order valence-electron chi connectivity index (χ3n) is 6.24. The van der Waals surface area contributed by atoms with Gasteiger partial charge in [-0.2, -0.15) is 4.72 Å². The number of nitrogens with one attached hydrogen (secondary N) is 4. The van der Waals surface area contributed by atoms with Crippen LogP contribution in [0.25, 0.3) is 21.0 Å². The van der Waals surface area contributed by atoms with Gasteiger partial charge in [0.1, 0.15) is 11.0 Å². The standard InChI is InChI=1S/C31H33N5O5S3/c1-19(2)33-31(42)35-23-12-10-22(11-13-23)29-32-18-27(43-29)25-15-14-24(34-20(3)37)17-28(25)44(39,40)36-26(30(38)41-4)16-21-8-6-5-7-9-21/h5-15,17-19,26,36H,16H2,1-4H3,(H,34,37)(H2,33,35,42)/t26-/m0/s1. The Morgan fingerprint density at radius 3 is 2.30 bits per heavy atom. The smallest absolute Gasteiger partial charge is 0.324 e. The molecule has 1 amide bonds. The van der Waals surface area contributed by atoms with Crippen molar-refractivity contribution in [2.24, 2.45) is 0 Å². The predicted octanol–water partition coefficient (Wildman–Crippen LogP) is 5.19. The molecule has 0 fully saturated rings. The number of nitrogens with zero attached hydrogens (tertiary/aromatic N) is 1. The average Bonchev–Trinajstić information content (AvgIpc) is 3.47. The van der Waals surface area contributed by atoms with Crippen LogP contribution in [0.4, 0.5) is 11.4 Å². The third-order valence-corrected chi connectivity index (χ3v) is 9.05. The van der Waals surface area contributed by atoms with Crippen LogP contribution in [-0.2, 0) is 30.8 Å². The van der Waals surface area contributed by atoms with Crippen LogP contribution < -0.4 is 20.7 Å². The molecule has 0 radical (unpaired) electrons. The highest BCUT2D eigenvalue weighted by Crippen LogP contribution is 2.37. The number of aromatic nitrogens is 1. The Bertz CT molecular complexity index is 1740. The van der Waals surface area contributed by atoms with Gasteiger partial charge in [0, 0.05) is 41.7 Å². The van der Waals surface area contributed by atoms with Gasteiger partial charge in [0.25, 0.3) is 0 Å². The molecule has 0 spiro atoms. The Labute approximate surface area is 266 Å². The van der Waals surface area contributed by atoms with E-state index in [-0.39, 0.29) is 29.0 Å². The summed E-state index contributed by atoms with van der Waals surface area (Å²) in [6.45, 7) is 5.33. The van der Waals surface area contributed by atoms with Crippen LogP contribution >= 0.6 is 23.6 Å². The number of hydrogen-bond acceptors (Lipinski definition) is 8. The van der Waals surface area contributed by atoms with Gasteiger partial charge in [0.2, 0.25) is 15.9 Å². The lowest BCUT2D eigenvalue weighted by Crippen LogP contribution is -2.43. The van der Waals surface area contributed by atoms with Gasteiger partial charge in [-0.05, 0) is 74.4 Å². The van der Waals surface area contributed by atoms with Crippen LogP contribution in [0.1, 0.15) is 26.3 Å². The van der Waals surface area contributed by atoms with Gasteiger partial charge >= 0.3 is 5.97 Å². The first kappa shape index (κ1) is 32.7. The van der Waals surface area contributed by atoms with E-state index in [1.165, 1.54) is 31.4 Å². The minimum Gasteiger partial charge on any atom is -0.468 e. The van der Waals surface area contributed by atoms with E-state index in [0.29, 0.717) is 20.6 Å². The lowest BCUT2D eigenvalue weighted by molar-refractivity contribution is -0.142. The van der Waals surface area contributed by atoms with E-state index >= 15 is 0 Å².